The van der Waals surface area contributed by atoms with Crippen LogP contribution in [0.1, 0.15) is 124 Å². The lowest BCUT2D eigenvalue weighted by molar-refractivity contribution is -0.302. The van der Waals surface area contributed by atoms with E-state index in [-0.39, 0.29) is 31.1 Å². The first-order valence-electron chi connectivity index (χ1n) is 29.0. The number of likely N-dealkylation sites (N-methyl/N-ethyl adjacent to an activating group) is 2. The first kappa shape index (κ1) is 65.8. The molecule has 6 rings (SSSR count). The quantitative estimate of drug-likeness (QED) is 0.125. The van der Waals surface area contributed by atoms with Gasteiger partial charge in [-0.3, -0.25) is 14.5 Å². The molecule has 6 N–H and O–H groups in total. The lowest BCUT2D eigenvalue weighted by atomic mass is 9.68. The van der Waals surface area contributed by atoms with Gasteiger partial charge in [0, 0.05) is 97.1 Å². The molecule has 1 aromatic carbocycles. The SMILES string of the molecule is CC[C@H]1OC(=O)[C@H](C)[C@@H](C2C[C@@](C)(OC)[C@@H](O)[C@H](C)O2)[C@H](C)[C@@H](O[C@@H]2O[C@H](C)C[C@H](N(C)CCc3cn([C@H](CF)[C@H](OC)c4ccc(CN5CCN(C(=O)CO)CC5)cc4)nn3)[C@H]2O)[C@](C)(O)C[C@@H](C)CN(C)[C@H](C)[C@@H](O)[C@]1(C)O. The number of aliphatic hydroxyl groups is 6. The van der Waals surface area contributed by atoms with Crippen LogP contribution in [0.4, 0.5) is 4.39 Å². The van der Waals surface area contributed by atoms with Gasteiger partial charge in [0.15, 0.2) is 6.29 Å². The predicted molar refractivity (Wildman–Crippen MR) is 296 cm³/mol. The van der Waals surface area contributed by atoms with Crippen molar-refractivity contribution >= 4 is 11.9 Å². The highest BCUT2D eigenvalue weighted by atomic mass is 19.1. The number of piperazine rings is 1. The Morgan fingerprint density at radius 2 is 1.62 bits per heavy atom. The van der Waals surface area contributed by atoms with Gasteiger partial charge in [0.1, 0.15) is 55.4 Å². The average molecular weight is 1140 g/mol. The minimum absolute atomic E-state index is 0.165. The minimum atomic E-state index is -1.84. The van der Waals surface area contributed by atoms with Gasteiger partial charge in [0.25, 0.3) is 0 Å². The van der Waals surface area contributed by atoms with Crippen LogP contribution >= 0.6 is 0 Å². The van der Waals surface area contributed by atoms with Crippen LogP contribution in [0.2, 0.25) is 0 Å². The van der Waals surface area contributed by atoms with E-state index >= 15 is 4.39 Å². The third-order valence-electron chi connectivity index (χ3n) is 18.4. The van der Waals surface area contributed by atoms with E-state index in [1.165, 1.54) is 25.8 Å². The molecular formula is C58H98FN7O14. The maximum absolute atomic E-state index is 15.0. The van der Waals surface area contributed by atoms with Crippen LogP contribution in [0.25, 0.3) is 0 Å². The van der Waals surface area contributed by atoms with Crippen molar-refractivity contribution in [1.82, 2.24) is 34.6 Å². The number of aliphatic hydroxyl groups excluding tert-OH is 4. The number of aromatic nitrogens is 3. The molecule has 0 saturated carbocycles. The Balaban J connectivity index is 1.21. The molecule has 1 unspecified atom stereocenters. The summed E-state index contributed by atoms with van der Waals surface area (Å²) in [6, 6.07) is 5.96. The van der Waals surface area contributed by atoms with Gasteiger partial charge in [-0.2, -0.15) is 0 Å². The molecule has 2 aromatic rings. The van der Waals surface area contributed by atoms with Gasteiger partial charge in [0.2, 0.25) is 5.91 Å². The zero-order chi connectivity index (χ0) is 59.2. The Hall–Kier alpha value is -3.33. The van der Waals surface area contributed by atoms with Gasteiger partial charge in [-0.15, -0.1) is 5.10 Å². The van der Waals surface area contributed by atoms with Crippen molar-refractivity contribution in [3.63, 3.8) is 0 Å². The highest BCUT2D eigenvalue weighted by molar-refractivity contribution is 5.77. The number of halogens is 1. The fourth-order valence-corrected chi connectivity index (χ4v) is 13.4. The number of rotatable bonds is 17. The van der Waals surface area contributed by atoms with Gasteiger partial charge in [-0.05, 0) is 97.9 Å². The van der Waals surface area contributed by atoms with Crippen molar-refractivity contribution in [2.24, 2.45) is 23.7 Å². The molecule has 0 spiro atoms. The number of nitrogens with zero attached hydrogens (tertiary/aromatic N) is 7. The fourth-order valence-electron chi connectivity index (χ4n) is 13.4. The van der Waals surface area contributed by atoms with Crippen LogP contribution < -0.4 is 0 Å². The maximum atomic E-state index is 15.0. The second-order valence-corrected chi connectivity index (χ2v) is 24.6. The molecule has 0 bridgehead atoms. The van der Waals surface area contributed by atoms with Crippen LogP contribution in [0.5, 0.6) is 0 Å². The predicted octanol–water partition coefficient (Wildman–Crippen LogP) is 2.91. The Bertz CT molecular complexity index is 2260. The summed E-state index contributed by atoms with van der Waals surface area (Å²) in [6.45, 7) is 20.5. The molecule has 22 heteroatoms. The number of carbonyl (C=O) groups is 2. The smallest absolute Gasteiger partial charge is 0.309 e. The number of alkyl halides is 1. The van der Waals surface area contributed by atoms with E-state index in [1.54, 1.807) is 52.6 Å². The average Bonchev–Trinajstić information content (AvgIpc) is 3.96. The van der Waals surface area contributed by atoms with Crippen LogP contribution in [0.15, 0.2) is 30.5 Å². The Kier molecular flexibility index (Phi) is 23.1. The zero-order valence-electron chi connectivity index (χ0n) is 50.1. The van der Waals surface area contributed by atoms with Gasteiger partial charge in [-0.25, -0.2) is 9.07 Å². The summed E-state index contributed by atoms with van der Waals surface area (Å²) in [5.74, 6) is -3.56. The van der Waals surface area contributed by atoms with Crippen LogP contribution in [-0.2, 0) is 51.0 Å². The van der Waals surface area contributed by atoms with Gasteiger partial charge >= 0.3 is 5.97 Å². The summed E-state index contributed by atoms with van der Waals surface area (Å²) < 4.78 is 54.7. The molecule has 0 radical (unpaired) electrons. The number of amides is 1. The maximum Gasteiger partial charge on any atom is 0.309 e. The first-order chi connectivity index (χ1) is 37.6. The Labute approximate surface area is 473 Å². The standard InChI is InChI=1S/C58H98FN7O14/c1-15-46-58(10,74)51(70)38(6)63(12)30-34(2)27-56(8,73)53(36(4)48(37(5)54(72)79-46)45-28-57(9,76-14)52(71)39(7)78-45)80-55-49(69)43(26-35(3)77-55)62(11)21-20-42-32-66(61-60-42)44(29-59)50(75-13)41-18-16-40(17-19-41)31-64-22-24-65(25-23-64)47(68)33-67/h16-19,32,34-39,43-46,48-53,55,67,69-71,73-74H,15,20-31,33H2,1-14H3/t34-,35-,36+,37-,38-,39+,43+,44-,45?,46-,48+,49-,50-,51-,52+,53-,55+,56-,57-,58-/m1/s1. The van der Waals surface area contributed by atoms with E-state index < -0.39 is 133 Å². The third kappa shape index (κ3) is 15.1. The summed E-state index contributed by atoms with van der Waals surface area (Å²) in [6.07, 6.45) is -6.40. The van der Waals surface area contributed by atoms with Crippen LogP contribution in [-0.4, -0.2) is 242 Å². The number of cyclic esters (lactones) is 1. The summed E-state index contributed by atoms with van der Waals surface area (Å²) in [7, 11) is 6.79. The highest BCUT2D eigenvalue weighted by Crippen LogP contribution is 2.45. The van der Waals surface area contributed by atoms with Crippen LogP contribution in [0, 0.1) is 23.7 Å². The van der Waals surface area contributed by atoms with E-state index in [4.69, 9.17) is 28.4 Å². The summed E-state index contributed by atoms with van der Waals surface area (Å²) in [5.41, 5.74) is -2.11. The molecule has 0 aliphatic carbocycles. The first-order valence-corrected chi connectivity index (χ1v) is 29.0. The van der Waals surface area contributed by atoms with E-state index in [0.29, 0.717) is 64.3 Å². The number of carbonyl (C=O) groups excluding carboxylic acids is 2. The normalized spacial score (nSPS) is 38.6. The molecule has 1 amide bonds. The van der Waals surface area contributed by atoms with E-state index in [0.717, 1.165) is 11.1 Å². The summed E-state index contributed by atoms with van der Waals surface area (Å²) >= 11 is 0. The second kappa shape index (κ2) is 28.0. The second-order valence-electron chi connectivity index (χ2n) is 24.6. The molecule has 80 heavy (non-hydrogen) atoms. The van der Waals surface area contributed by atoms with Crippen molar-refractivity contribution in [2.45, 2.75) is 204 Å². The molecule has 1 aromatic heterocycles. The molecule has 456 valence electrons. The molecule has 4 saturated heterocycles. The molecule has 5 heterocycles. The molecular weight excluding hydrogens is 1040 g/mol. The third-order valence-corrected chi connectivity index (χ3v) is 18.4. The number of benzene rings is 1. The molecule has 20 atom stereocenters. The van der Waals surface area contributed by atoms with Gasteiger partial charge in [0.05, 0.1) is 47.2 Å². The van der Waals surface area contributed by atoms with Crippen molar-refractivity contribution in [2.75, 3.05) is 80.9 Å². The van der Waals surface area contributed by atoms with Crippen molar-refractivity contribution in [3.8, 4) is 0 Å². The molecule has 21 nitrogen and oxygen atoms in total. The number of hydrogen-bond acceptors (Lipinski definition) is 19. The van der Waals surface area contributed by atoms with E-state index in [9.17, 15) is 40.2 Å². The number of esters is 1. The fraction of sp³-hybridized carbons (Fsp3) is 0.828. The summed E-state index contributed by atoms with van der Waals surface area (Å²) in [4.78, 5) is 34.4. The molecule has 4 aliphatic rings. The van der Waals surface area contributed by atoms with Crippen LogP contribution in [0.3, 0.4) is 0 Å². The topological polar surface area (TPSA) is 255 Å². The molecule has 4 fully saturated rings. The monoisotopic (exact) mass is 1140 g/mol. The Morgan fingerprint density at radius 3 is 2.23 bits per heavy atom. The lowest BCUT2D eigenvalue weighted by Crippen LogP contribution is -2.62. The van der Waals surface area contributed by atoms with Crippen molar-refractivity contribution in [3.05, 3.63) is 47.3 Å². The Morgan fingerprint density at radius 1 is 0.963 bits per heavy atom. The number of methoxy groups -OCH3 is 2. The van der Waals surface area contributed by atoms with Gasteiger partial charge in [-0.1, -0.05) is 57.2 Å². The number of hydrogen-bond donors (Lipinski definition) is 6. The van der Waals surface area contributed by atoms with E-state index in [1.807, 2.05) is 68.9 Å². The van der Waals surface area contributed by atoms with Crippen molar-refractivity contribution in [1.29, 1.82) is 0 Å². The highest BCUT2D eigenvalue weighted by Gasteiger charge is 2.55. The van der Waals surface area contributed by atoms with E-state index in [2.05, 4.69) is 15.2 Å². The zero-order valence-corrected chi connectivity index (χ0v) is 50.1. The van der Waals surface area contributed by atoms with Gasteiger partial charge < -0.3 is 73.8 Å². The summed E-state index contributed by atoms with van der Waals surface area (Å²) in [5, 5.41) is 78.4. The lowest BCUT2D eigenvalue weighted by Gasteiger charge is -2.51. The largest absolute Gasteiger partial charge is 0.459 e. The minimum Gasteiger partial charge on any atom is -0.459 e. The number of ether oxygens (including phenoxy) is 6. The van der Waals surface area contributed by atoms with Crippen molar-refractivity contribution < 1.29 is 73.0 Å². The molecule has 4 aliphatic heterocycles.